The fourth-order valence-electron chi connectivity index (χ4n) is 1.98. The molecule has 0 aromatic heterocycles. The standard InChI is InChI=1S/C12H22N2O5/c1-14(9-3-7-19-8-4-9)12(17)13-10(11(15)16)5-6-18-2/h9-10H,3-8H2,1-2H3,(H,13,17)(H,15,16). The number of carboxylic acid groups (broad SMARTS) is 1. The molecule has 1 unspecified atom stereocenters. The number of carboxylic acids is 1. The first-order valence-corrected chi connectivity index (χ1v) is 6.39. The molecule has 0 aromatic rings. The molecule has 7 heteroatoms. The van der Waals surface area contributed by atoms with Gasteiger partial charge in [0.15, 0.2) is 0 Å². The predicted octanol–water partition coefficient (Wildman–Crippen LogP) is 0.297. The summed E-state index contributed by atoms with van der Waals surface area (Å²) < 4.78 is 10.1. The van der Waals surface area contributed by atoms with Crippen LogP contribution in [0, 0.1) is 0 Å². The van der Waals surface area contributed by atoms with E-state index in [9.17, 15) is 9.59 Å². The van der Waals surface area contributed by atoms with Crippen molar-refractivity contribution in [3.05, 3.63) is 0 Å². The third-order valence-electron chi connectivity index (χ3n) is 3.27. The van der Waals surface area contributed by atoms with Gasteiger partial charge in [0.05, 0.1) is 0 Å². The van der Waals surface area contributed by atoms with Crippen molar-refractivity contribution in [3.8, 4) is 0 Å². The van der Waals surface area contributed by atoms with Gasteiger partial charge in [-0.15, -0.1) is 0 Å². The predicted molar refractivity (Wildman–Crippen MR) is 68.1 cm³/mol. The highest BCUT2D eigenvalue weighted by atomic mass is 16.5. The molecule has 0 aliphatic carbocycles. The second-order valence-corrected chi connectivity index (χ2v) is 4.58. The normalized spacial score (nSPS) is 17.8. The van der Waals surface area contributed by atoms with Crippen molar-refractivity contribution in [2.45, 2.75) is 31.3 Å². The number of carbonyl (C=O) groups excluding carboxylic acids is 1. The number of hydrogen-bond donors (Lipinski definition) is 2. The van der Waals surface area contributed by atoms with Crippen LogP contribution in [0.5, 0.6) is 0 Å². The van der Waals surface area contributed by atoms with Crippen molar-refractivity contribution in [1.82, 2.24) is 10.2 Å². The SMILES string of the molecule is COCCC(NC(=O)N(C)C1CCOCC1)C(=O)O. The number of aliphatic carboxylic acids is 1. The molecule has 1 saturated heterocycles. The van der Waals surface area contributed by atoms with Gasteiger partial charge in [0.25, 0.3) is 0 Å². The maximum Gasteiger partial charge on any atom is 0.326 e. The van der Waals surface area contributed by atoms with Crippen molar-refractivity contribution in [1.29, 1.82) is 0 Å². The molecule has 1 heterocycles. The molecule has 1 rings (SSSR count). The van der Waals surface area contributed by atoms with Crippen LogP contribution in [0.4, 0.5) is 4.79 Å². The summed E-state index contributed by atoms with van der Waals surface area (Å²) in [6, 6.07) is -1.18. The van der Waals surface area contributed by atoms with Gasteiger partial charge in [0.1, 0.15) is 6.04 Å². The number of nitrogens with zero attached hydrogens (tertiary/aromatic N) is 1. The maximum absolute atomic E-state index is 12.0. The quantitative estimate of drug-likeness (QED) is 0.727. The Hall–Kier alpha value is -1.34. The van der Waals surface area contributed by atoms with E-state index in [4.69, 9.17) is 14.6 Å². The number of rotatable bonds is 6. The van der Waals surface area contributed by atoms with Crippen molar-refractivity contribution < 1.29 is 24.2 Å². The van der Waals surface area contributed by atoms with Gasteiger partial charge in [-0.25, -0.2) is 9.59 Å². The van der Waals surface area contributed by atoms with E-state index < -0.39 is 12.0 Å². The molecular weight excluding hydrogens is 252 g/mol. The van der Waals surface area contributed by atoms with Gasteiger partial charge in [-0.1, -0.05) is 0 Å². The Morgan fingerprint density at radius 2 is 2.11 bits per heavy atom. The van der Waals surface area contributed by atoms with Crippen molar-refractivity contribution in [2.75, 3.05) is 34.0 Å². The van der Waals surface area contributed by atoms with Gasteiger partial charge in [-0.2, -0.15) is 0 Å². The highest BCUT2D eigenvalue weighted by molar-refractivity contribution is 5.82. The second kappa shape index (κ2) is 7.96. The molecule has 1 aliphatic heterocycles. The number of hydrogen-bond acceptors (Lipinski definition) is 4. The van der Waals surface area contributed by atoms with Gasteiger partial charge in [0.2, 0.25) is 0 Å². The lowest BCUT2D eigenvalue weighted by molar-refractivity contribution is -0.139. The minimum Gasteiger partial charge on any atom is -0.480 e. The Morgan fingerprint density at radius 3 is 2.63 bits per heavy atom. The molecule has 0 aromatic carbocycles. The molecule has 0 spiro atoms. The van der Waals surface area contributed by atoms with Crippen LogP contribution in [0.15, 0.2) is 0 Å². The van der Waals surface area contributed by atoms with Crippen LogP contribution in [-0.2, 0) is 14.3 Å². The second-order valence-electron chi connectivity index (χ2n) is 4.58. The molecule has 2 amide bonds. The van der Waals surface area contributed by atoms with E-state index in [0.717, 1.165) is 12.8 Å². The summed E-state index contributed by atoms with van der Waals surface area (Å²) in [6.45, 7) is 1.56. The summed E-state index contributed by atoms with van der Waals surface area (Å²) in [4.78, 5) is 24.6. The van der Waals surface area contributed by atoms with E-state index >= 15 is 0 Å². The molecule has 0 radical (unpaired) electrons. The topological polar surface area (TPSA) is 88.1 Å². The Kier molecular flexibility index (Phi) is 6.58. The molecule has 1 fully saturated rings. The van der Waals surface area contributed by atoms with E-state index in [1.54, 1.807) is 11.9 Å². The van der Waals surface area contributed by atoms with E-state index in [-0.39, 0.29) is 25.1 Å². The van der Waals surface area contributed by atoms with Crippen LogP contribution >= 0.6 is 0 Å². The average Bonchev–Trinajstić information content (AvgIpc) is 2.43. The summed E-state index contributed by atoms with van der Waals surface area (Å²) in [5.41, 5.74) is 0. The third-order valence-corrected chi connectivity index (χ3v) is 3.27. The van der Waals surface area contributed by atoms with Gasteiger partial charge in [-0.05, 0) is 12.8 Å². The zero-order valence-electron chi connectivity index (χ0n) is 11.4. The first kappa shape index (κ1) is 15.7. The third kappa shape index (κ3) is 5.04. The number of amides is 2. The molecule has 1 aliphatic rings. The largest absolute Gasteiger partial charge is 0.480 e. The molecular formula is C12H22N2O5. The van der Waals surface area contributed by atoms with Crippen LogP contribution in [-0.4, -0.2) is 68.1 Å². The van der Waals surface area contributed by atoms with Gasteiger partial charge in [-0.3, -0.25) is 0 Å². The Balaban J connectivity index is 2.47. The summed E-state index contributed by atoms with van der Waals surface area (Å²) in [5, 5.41) is 11.5. The molecule has 0 saturated carbocycles. The van der Waals surface area contributed by atoms with E-state index in [0.29, 0.717) is 13.2 Å². The van der Waals surface area contributed by atoms with Crippen LogP contribution in [0.25, 0.3) is 0 Å². The van der Waals surface area contributed by atoms with E-state index in [1.807, 2.05) is 0 Å². The fraction of sp³-hybridized carbons (Fsp3) is 0.833. The van der Waals surface area contributed by atoms with Crippen LogP contribution in [0.1, 0.15) is 19.3 Å². The van der Waals surface area contributed by atoms with Crippen LogP contribution < -0.4 is 5.32 Å². The molecule has 19 heavy (non-hydrogen) atoms. The molecule has 7 nitrogen and oxygen atoms in total. The molecule has 110 valence electrons. The maximum atomic E-state index is 12.0. The number of methoxy groups -OCH3 is 1. The van der Waals surface area contributed by atoms with Crippen LogP contribution in [0.3, 0.4) is 0 Å². The number of nitrogens with one attached hydrogen (secondary N) is 1. The number of ether oxygens (including phenoxy) is 2. The first-order valence-electron chi connectivity index (χ1n) is 6.39. The van der Waals surface area contributed by atoms with Crippen molar-refractivity contribution in [2.24, 2.45) is 0 Å². The van der Waals surface area contributed by atoms with Crippen molar-refractivity contribution >= 4 is 12.0 Å². The van der Waals surface area contributed by atoms with E-state index in [1.165, 1.54) is 7.11 Å². The summed E-state index contributed by atoms with van der Waals surface area (Å²) in [5.74, 6) is -1.05. The summed E-state index contributed by atoms with van der Waals surface area (Å²) >= 11 is 0. The summed E-state index contributed by atoms with van der Waals surface area (Å²) in [6.07, 6.45) is 1.80. The first-order chi connectivity index (χ1) is 9.06. The average molecular weight is 274 g/mol. The highest BCUT2D eigenvalue weighted by Gasteiger charge is 2.26. The van der Waals surface area contributed by atoms with Crippen LogP contribution in [0.2, 0.25) is 0 Å². The Bertz CT molecular complexity index is 304. The lowest BCUT2D eigenvalue weighted by Gasteiger charge is -2.32. The number of urea groups is 1. The lowest BCUT2D eigenvalue weighted by Crippen LogP contribution is -2.51. The monoisotopic (exact) mass is 274 g/mol. The molecule has 0 bridgehead atoms. The zero-order valence-corrected chi connectivity index (χ0v) is 11.4. The fourth-order valence-corrected chi connectivity index (χ4v) is 1.98. The van der Waals surface area contributed by atoms with Crippen molar-refractivity contribution in [3.63, 3.8) is 0 Å². The minimum atomic E-state index is -1.05. The highest BCUT2D eigenvalue weighted by Crippen LogP contribution is 2.13. The Labute approximate surface area is 112 Å². The van der Waals surface area contributed by atoms with Gasteiger partial charge >= 0.3 is 12.0 Å². The van der Waals surface area contributed by atoms with E-state index in [2.05, 4.69) is 5.32 Å². The minimum absolute atomic E-state index is 0.102. The Morgan fingerprint density at radius 1 is 1.47 bits per heavy atom. The van der Waals surface area contributed by atoms with Gasteiger partial charge < -0.3 is 24.8 Å². The van der Waals surface area contributed by atoms with Gasteiger partial charge in [0, 0.05) is 46.4 Å². The zero-order chi connectivity index (χ0) is 14.3. The lowest BCUT2D eigenvalue weighted by atomic mass is 10.1. The molecule has 1 atom stereocenters. The number of carbonyl (C=O) groups is 2. The molecule has 2 N–H and O–H groups in total. The summed E-state index contributed by atoms with van der Waals surface area (Å²) in [7, 11) is 3.18. The smallest absolute Gasteiger partial charge is 0.326 e.